The highest BCUT2D eigenvalue weighted by Gasteiger charge is 2.58. The molecule has 5 heteroatoms. The summed E-state index contributed by atoms with van der Waals surface area (Å²) in [6.45, 7) is 3.28. The highest BCUT2D eigenvalue weighted by Crippen LogP contribution is 2.47. The Kier molecular flexibility index (Phi) is 3.19. The van der Waals surface area contributed by atoms with E-state index in [0.29, 0.717) is 0 Å². The Morgan fingerprint density at radius 3 is 2.31 bits per heavy atom. The van der Waals surface area contributed by atoms with Crippen LogP contribution in [0.3, 0.4) is 0 Å². The highest BCUT2D eigenvalue weighted by molar-refractivity contribution is 5.66. The number of fused-ring (bicyclic) bond motifs is 2. The van der Waals surface area contributed by atoms with E-state index in [1.165, 1.54) is 6.92 Å². The molecule has 92 valence electrons. The van der Waals surface area contributed by atoms with E-state index in [-0.39, 0.29) is 55.2 Å². The Labute approximate surface area is 94.4 Å². The summed E-state index contributed by atoms with van der Waals surface area (Å²) < 4.78 is 10.9. The first-order chi connectivity index (χ1) is 7.60. The van der Waals surface area contributed by atoms with Crippen LogP contribution in [0.15, 0.2) is 0 Å². The van der Waals surface area contributed by atoms with Crippen molar-refractivity contribution in [1.82, 2.24) is 0 Å². The average molecular weight is 230 g/mol. The molecule has 0 aromatic heterocycles. The summed E-state index contributed by atoms with van der Waals surface area (Å²) in [5, 5.41) is 18.6. The fourth-order valence-electron chi connectivity index (χ4n) is 3.04. The summed E-state index contributed by atoms with van der Waals surface area (Å²) in [4.78, 5) is 11.0. The smallest absolute Gasteiger partial charge is 0.303 e. The minimum atomic E-state index is -0.328. The van der Waals surface area contributed by atoms with E-state index in [4.69, 9.17) is 9.47 Å². The monoisotopic (exact) mass is 230 g/mol. The van der Waals surface area contributed by atoms with E-state index in [1.54, 1.807) is 0 Å². The van der Waals surface area contributed by atoms with E-state index in [0.717, 1.165) is 0 Å². The molecule has 2 rings (SSSR count). The Morgan fingerprint density at radius 1 is 1.25 bits per heavy atom. The van der Waals surface area contributed by atoms with Gasteiger partial charge in [0.2, 0.25) is 0 Å². The Morgan fingerprint density at radius 2 is 1.81 bits per heavy atom. The van der Waals surface area contributed by atoms with Gasteiger partial charge in [0.25, 0.3) is 0 Å². The molecule has 0 spiro atoms. The van der Waals surface area contributed by atoms with Gasteiger partial charge in [0.1, 0.15) is 12.2 Å². The van der Waals surface area contributed by atoms with Gasteiger partial charge in [-0.3, -0.25) is 4.79 Å². The quantitative estimate of drug-likeness (QED) is 0.642. The van der Waals surface area contributed by atoms with Gasteiger partial charge in [-0.2, -0.15) is 0 Å². The summed E-state index contributed by atoms with van der Waals surface area (Å²) in [5.74, 6) is -0.425. The second kappa shape index (κ2) is 4.31. The van der Waals surface area contributed by atoms with Gasteiger partial charge in [-0.1, -0.05) is 6.92 Å². The molecule has 0 aromatic carbocycles. The van der Waals surface area contributed by atoms with E-state index >= 15 is 0 Å². The highest BCUT2D eigenvalue weighted by atomic mass is 16.6. The summed E-state index contributed by atoms with van der Waals surface area (Å²) in [6.07, 6.45) is -0.676. The zero-order valence-electron chi connectivity index (χ0n) is 9.50. The van der Waals surface area contributed by atoms with Crippen molar-refractivity contribution in [2.75, 3.05) is 13.2 Å². The van der Waals surface area contributed by atoms with Gasteiger partial charge in [-0.25, -0.2) is 0 Å². The number of hydrogen-bond acceptors (Lipinski definition) is 5. The van der Waals surface area contributed by atoms with Gasteiger partial charge in [0.05, 0.1) is 6.10 Å². The van der Waals surface area contributed by atoms with E-state index in [2.05, 4.69) is 0 Å². The zero-order chi connectivity index (χ0) is 11.9. The SMILES string of the molecule is CC(=O)OC1C2O[C@@H](C(CO)C2CO)[C@H]1C. The Bertz CT molecular complexity index is 278. The largest absolute Gasteiger partial charge is 0.459 e. The molecule has 4 unspecified atom stereocenters. The van der Waals surface area contributed by atoms with Crippen LogP contribution in [0, 0.1) is 17.8 Å². The summed E-state index contributed by atoms with van der Waals surface area (Å²) in [5.41, 5.74) is 0. The molecular formula is C11H18O5. The lowest BCUT2D eigenvalue weighted by Gasteiger charge is -2.34. The third-order valence-electron chi connectivity index (χ3n) is 3.79. The third-order valence-corrected chi connectivity index (χ3v) is 3.79. The van der Waals surface area contributed by atoms with Crippen molar-refractivity contribution >= 4 is 5.97 Å². The van der Waals surface area contributed by atoms with E-state index < -0.39 is 0 Å². The maximum absolute atomic E-state index is 11.0. The molecule has 2 bridgehead atoms. The minimum absolute atomic E-state index is 0.00350. The molecule has 0 aliphatic carbocycles. The first-order valence-electron chi connectivity index (χ1n) is 5.64. The van der Waals surface area contributed by atoms with Crippen molar-refractivity contribution in [3.05, 3.63) is 0 Å². The Hall–Kier alpha value is -0.650. The maximum Gasteiger partial charge on any atom is 0.303 e. The number of aliphatic hydroxyl groups is 2. The Balaban J connectivity index is 2.14. The number of carbonyl (C=O) groups excluding carboxylic acids is 1. The molecule has 2 heterocycles. The van der Waals surface area contributed by atoms with Crippen LogP contribution in [0.25, 0.3) is 0 Å². The summed E-state index contributed by atoms with van der Waals surface area (Å²) >= 11 is 0. The van der Waals surface area contributed by atoms with Crippen LogP contribution in [-0.2, 0) is 14.3 Å². The van der Waals surface area contributed by atoms with Crippen LogP contribution < -0.4 is 0 Å². The normalized spacial score (nSPS) is 46.0. The van der Waals surface area contributed by atoms with Crippen molar-refractivity contribution in [1.29, 1.82) is 0 Å². The summed E-state index contributed by atoms with van der Waals surface area (Å²) in [7, 11) is 0. The molecule has 2 aliphatic rings. The fourth-order valence-corrected chi connectivity index (χ4v) is 3.04. The lowest BCUT2D eigenvalue weighted by molar-refractivity contribution is -0.153. The molecule has 0 amide bonds. The number of esters is 1. The number of aliphatic hydroxyl groups excluding tert-OH is 2. The van der Waals surface area contributed by atoms with Crippen LogP contribution in [0.2, 0.25) is 0 Å². The molecule has 6 atom stereocenters. The van der Waals surface area contributed by atoms with E-state index in [1.807, 2.05) is 6.92 Å². The number of ether oxygens (including phenoxy) is 2. The molecule has 2 saturated heterocycles. The van der Waals surface area contributed by atoms with Gasteiger partial charge in [-0.05, 0) is 0 Å². The second-order valence-corrected chi connectivity index (χ2v) is 4.69. The molecule has 0 aromatic rings. The van der Waals surface area contributed by atoms with E-state index in [9.17, 15) is 15.0 Å². The molecule has 2 fully saturated rings. The fraction of sp³-hybridized carbons (Fsp3) is 0.909. The molecule has 5 nitrogen and oxygen atoms in total. The predicted octanol–water partition coefficient (Wildman–Crippen LogP) is -0.448. The second-order valence-electron chi connectivity index (χ2n) is 4.69. The maximum atomic E-state index is 11.0. The topological polar surface area (TPSA) is 76.0 Å². The summed E-state index contributed by atoms with van der Waals surface area (Å²) in [6, 6.07) is 0. The lowest BCUT2D eigenvalue weighted by Crippen LogP contribution is -2.46. The first-order valence-corrected chi connectivity index (χ1v) is 5.64. The lowest BCUT2D eigenvalue weighted by atomic mass is 9.73. The van der Waals surface area contributed by atoms with Gasteiger partial charge >= 0.3 is 5.97 Å². The molecule has 0 saturated carbocycles. The molecule has 16 heavy (non-hydrogen) atoms. The zero-order valence-corrected chi connectivity index (χ0v) is 9.50. The number of rotatable bonds is 3. The van der Waals surface area contributed by atoms with Crippen LogP contribution in [0.5, 0.6) is 0 Å². The minimum Gasteiger partial charge on any atom is -0.459 e. The van der Waals surface area contributed by atoms with Gasteiger partial charge in [-0.15, -0.1) is 0 Å². The molecular weight excluding hydrogens is 212 g/mol. The third kappa shape index (κ3) is 1.63. The van der Waals surface area contributed by atoms with Crippen molar-refractivity contribution in [2.45, 2.75) is 32.2 Å². The van der Waals surface area contributed by atoms with Gasteiger partial charge in [0, 0.05) is 37.9 Å². The van der Waals surface area contributed by atoms with Crippen molar-refractivity contribution in [3.63, 3.8) is 0 Å². The van der Waals surface area contributed by atoms with Gasteiger partial charge < -0.3 is 19.7 Å². The predicted molar refractivity (Wildman–Crippen MR) is 54.5 cm³/mol. The van der Waals surface area contributed by atoms with Crippen LogP contribution in [0.4, 0.5) is 0 Å². The van der Waals surface area contributed by atoms with Crippen LogP contribution in [-0.4, -0.2) is 47.7 Å². The molecule has 2 N–H and O–H groups in total. The number of carbonyl (C=O) groups is 1. The van der Waals surface area contributed by atoms with Crippen LogP contribution in [0.1, 0.15) is 13.8 Å². The molecule has 2 aliphatic heterocycles. The molecule has 0 radical (unpaired) electrons. The van der Waals surface area contributed by atoms with Crippen molar-refractivity contribution < 1.29 is 24.5 Å². The van der Waals surface area contributed by atoms with Crippen LogP contribution >= 0.6 is 0 Å². The van der Waals surface area contributed by atoms with Crippen molar-refractivity contribution in [2.24, 2.45) is 17.8 Å². The number of hydrogen-bond donors (Lipinski definition) is 2. The van der Waals surface area contributed by atoms with Crippen molar-refractivity contribution in [3.8, 4) is 0 Å². The first kappa shape index (κ1) is 11.8. The van der Waals surface area contributed by atoms with Gasteiger partial charge in [0.15, 0.2) is 0 Å². The average Bonchev–Trinajstić information content (AvgIpc) is 2.74. The standard InChI is InChI=1S/C11H18O5/c1-5-9-7(3-12)8(4-13)11(16-9)10(5)15-6(2)14/h5,7-13H,3-4H2,1-2H3/t5-,7?,8?,9-,10?,11?/m1/s1.